The number of β-amino-alcohol motifs (C(OH)–C–C–N with tert-alkyl or cyclic N) is 1. The normalized spacial score (nSPS) is 31.6. The van der Waals surface area contributed by atoms with Crippen LogP contribution < -0.4 is 0 Å². The van der Waals surface area contributed by atoms with E-state index in [1.165, 1.54) is 0 Å². The van der Waals surface area contributed by atoms with E-state index in [0.717, 1.165) is 51.6 Å². The van der Waals surface area contributed by atoms with E-state index in [0.29, 0.717) is 6.54 Å². The second-order valence-electron chi connectivity index (χ2n) is 6.04. The van der Waals surface area contributed by atoms with Crippen LogP contribution in [0.25, 0.3) is 0 Å². The maximum Gasteiger partial charge on any atom is 0.245 e. The van der Waals surface area contributed by atoms with Crippen LogP contribution in [0.3, 0.4) is 0 Å². The molecule has 0 aromatic carbocycles. The minimum atomic E-state index is -0.397. The summed E-state index contributed by atoms with van der Waals surface area (Å²) < 4.78 is 0. The summed E-state index contributed by atoms with van der Waals surface area (Å²) in [5.41, 5.74) is 0. The molecule has 1 unspecified atom stereocenters. The Morgan fingerprint density at radius 3 is 2.37 bits per heavy atom. The molecule has 2 heterocycles. The molecule has 3 rings (SSSR count). The molecule has 5 heteroatoms. The maximum atomic E-state index is 12.5. The van der Waals surface area contributed by atoms with Crippen LogP contribution in [-0.4, -0.2) is 58.5 Å². The van der Waals surface area contributed by atoms with Gasteiger partial charge in [0.1, 0.15) is 6.04 Å². The summed E-state index contributed by atoms with van der Waals surface area (Å²) in [5.74, 6) is 0.402. The third-order valence-electron chi connectivity index (χ3n) is 4.46. The molecule has 19 heavy (non-hydrogen) atoms. The Morgan fingerprint density at radius 1 is 0.947 bits per heavy atom. The molecule has 3 aliphatic rings. The third-order valence-corrected chi connectivity index (χ3v) is 4.46. The Labute approximate surface area is 113 Å². The summed E-state index contributed by atoms with van der Waals surface area (Å²) in [7, 11) is 0. The Hall–Kier alpha value is -1.10. The minimum absolute atomic E-state index is 0.0465. The van der Waals surface area contributed by atoms with Crippen molar-refractivity contribution in [2.45, 2.75) is 50.7 Å². The summed E-state index contributed by atoms with van der Waals surface area (Å²) >= 11 is 0. The Balaban J connectivity index is 1.65. The average molecular weight is 266 g/mol. The molecule has 0 radical (unpaired) electrons. The third kappa shape index (κ3) is 2.61. The monoisotopic (exact) mass is 266 g/mol. The second-order valence-corrected chi connectivity index (χ2v) is 6.04. The van der Waals surface area contributed by atoms with Crippen LogP contribution in [-0.2, 0) is 9.59 Å². The molecule has 2 saturated heterocycles. The molecule has 2 aliphatic heterocycles. The first-order valence-corrected chi connectivity index (χ1v) is 7.44. The molecule has 0 aromatic rings. The number of aliphatic hydroxyl groups is 1. The van der Waals surface area contributed by atoms with E-state index in [1.54, 1.807) is 9.80 Å². The SMILES string of the molecule is O=C(C1CCCN1C(=O)C1CC1)N1CCC[C@H](O)C1. The number of piperidine rings is 1. The van der Waals surface area contributed by atoms with Gasteiger partial charge in [0.15, 0.2) is 0 Å². The maximum absolute atomic E-state index is 12.5. The van der Waals surface area contributed by atoms with Gasteiger partial charge in [0.2, 0.25) is 11.8 Å². The highest BCUT2D eigenvalue weighted by atomic mass is 16.3. The topological polar surface area (TPSA) is 60.9 Å². The summed E-state index contributed by atoms with van der Waals surface area (Å²) in [4.78, 5) is 28.2. The lowest BCUT2D eigenvalue weighted by Crippen LogP contribution is -2.51. The van der Waals surface area contributed by atoms with Crippen LogP contribution in [0.15, 0.2) is 0 Å². The molecule has 2 amide bonds. The number of carbonyl (C=O) groups excluding carboxylic acids is 2. The fourth-order valence-corrected chi connectivity index (χ4v) is 3.22. The van der Waals surface area contributed by atoms with Crippen LogP contribution in [0.2, 0.25) is 0 Å². The number of hydrogen-bond donors (Lipinski definition) is 1. The average Bonchev–Trinajstić information content (AvgIpc) is 3.14. The summed E-state index contributed by atoms with van der Waals surface area (Å²) in [6, 6.07) is -0.265. The van der Waals surface area contributed by atoms with Crippen molar-refractivity contribution in [1.29, 1.82) is 0 Å². The van der Waals surface area contributed by atoms with Gasteiger partial charge in [0.25, 0.3) is 0 Å². The summed E-state index contributed by atoms with van der Waals surface area (Å²) in [5, 5.41) is 9.67. The molecule has 1 N–H and O–H groups in total. The Morgan fingerprint density at radius 2 is 1.68 bits per heavy atom. The van der Waals surface area contributed by atoms with Crippen LogP contribution in [0.5, 0.6) is 0 Å². The minimum Gasteiger partial charge on any atom is -0.391 e. The predicted octanol–water partition coefficient (Wildman–Crippen LogP) is 0.371. The van der Waals surface area contributed by atoms with Crippen molar-refractivity contribution in [1.82, 2.24) is 9.80 Å². The molecule has 3 fully saturated rings. The van der Waals surface area contributed by atoms with Crippen LogP contribution in [0.1, 0.15) is 38.5 Å². The molecule has 1 saturated carbocycles. The van der Waals surface area contributed by atoms with E-state index in [-0.39, 0.29) is 23.8 Å². The zero-order chi connectivity index (χ0) is 13.4. The van der Waals surface area contributed by atoms with Crippen molar-refractivity contribution in [2.24, 2.45) is 5.92 Å². The first-order chi connectivity index (χ1) is 9.16. The Kier molecular flexibility index (Phi) is 3.48. The second kappa shape index (κ2) is 5.12. The van der Waals surface area contributed by atoms with Crippen molar-refractivity contribution < 1.29 is 14.7 Å². The van der Waals surface area contributed by atoms with E-state index < -0.39 is 6.10 Å². The molecular formula is C14H22N2O3. The van der Waals surface area contributed by atoms with Crippen molar-refractivity contribution in [3.8, 4) is 0 Å². The van der Waals surface area contributed by atoms with Gasteiger partial charge in [-0.15, -0.1) is 0 Å². The largest absolute Gasteiger partial charge is 0.391 e. The number of hydrogen-bond acceptors (Lipinski definition) is 3. The van der Waals surface area contributed by atoms with E-state index in [1.807, 2.05) is 0 Å². The smallest absolute Gasteiger partial charge is 0.245 e. The standard InChI is InChI=1S/C14H22N2O3/c17-11-3-1-7-15(9-11)14(19)12-4-2-8-16(12)13(18)10-5-6-10/h10-12,17H,1-9H2/t11-,12?/m0/s1. The number of rotatable bonds is 2. The molecule has 0 spiro atoms. The van der Waals surface area contributed by atoms with E-state index in [2.05, 4.69) is 0 Å². The van der Waals surface area contributed by atoms with Gasteiger partial charge < -0.3 is 14.9 Å². The number of carbonyl (C=O) groups is 2. The van der Waals surface area contributed by atoms with Gasteiger partial charge in [-0.25, -0.2) is 0 Å². The van der Waals surface area contributed by atoms with E-state index in [4.69, 9.17) is 0 Å². The predicted molar refractivity (Wildman–Crippen MR) is 69.3 cm³/mol. The van der Waals surface area contributed by atoms with Gasteiger partial charge in [0.05, 0.1) is 6.10 Å². The van der Waals surface area contributed by atoms with Crippen molar-refractivity contribution in [3.63, 3.8) is 0 Å². The van der Waals surface area contributed by atoms with Gasteiger partial charge >= 0.3 is 0 Å². The van der Waals surface area contributed by atoms with E-state index in [9.17, 15) is 14.7 Å². The molecule has 106 valence electrons. The van der Waals surface area contributed by atoms with Gasteiger partial charge in [-0.1, -0.05) is 0 Å². The highest BCUT2D eigenvalue weighted by Gasteiger charge is 2.42. The number of aliphatic hydroxyl groups excluding tert-OH is 1. The highest BCUT2D eigenvalue weighted by Crippen LogP contribution is 2.34. The van der Waals surface area contributed by atoms with Gasteiger partial charge in [-0.2, -0.15) is 0 Å². The summed E-state index contributed by atoms with van der Waals surface area (Å²) in [6.45, 7) is 1.88. The zero-order valence-corrected chi connectivity index (χ0v) is 11.3. The number of likely N-dealkylation sites (tertiary alicyclic amines) is 2. The molecule has 2 atom stereocenters. The summed E-state index contributed by atoms with van der Waals surface area (Å²) in [6.07, 6.45) is 4.91. The van der Waals surface area contributed by atoms with Gasteiger partial charge in [-0.3, -0.25) is 9.59 Å². The number of nitrogens with zero attached hydrogens (tertiary/aromatic N) is 2. The van der Waals surface area contributed by atoms with Crippen molar-refractivity contribution in [2.75, 3.05) is 19.6 Å². The molecule has 5 nitrogen and oxygen atoms in total. The lowest BCUT2D eigenvalue weighted by molar-refractivity contribution is -0.146. The lowest BCUT2D eigenvalue weighted by Gasteiger charge is -2.34. The first-order valence-electron chi connectivity index (χ1n) is 7.44. The molecule has 1 aliphatic carbocycles. The Bertz CT molecular complexity index is 381. The van der Waals surface area contributed by atoms with Crippen LogP contribution >= 0.6 is 0 Å². The highest BCUT2D eigenvalue weighted by molar-refractivity contribution is 5.90. The van der Waals surface area contributed by atoms with Crippen LogP contribution in [0.4, 0.5) is 0 Å². The fourth-order valence-electron chi connectivity index (χ4n) is 3.22. The van der Waals surface area contributed by atoms with Gasteiger partial charge in [0, 0.05) is 25.6 Å². The molecular weight excluding hydrogens is 244 g/mol. The molecule has 0 aromatic heterocycles. The lowest BCUT2D eigenvalue weighted by atomic mass is 10.1. The van der Waals surface area contributed by atoms with Crippen molar-refractivity contribution >= 4 is 11.8 Å². The van der Waals surface area contributed by atoms with Gasteiger partial charge in [-0.05, 0) is 38.5 Å². The fraction of sp³-hybridized carbons (Fsp3) is 0.857. The number of amides is 2. The molecule has 0 bridgehead atoms. The quantitative estimate of drug-likeness (QED) is 0.785. The zero-order valence-electron chi connectivity index (χ0n) is 11.3. The van der Waals surface area contributed by atoms with E-state index >= 15 is 0 Å². The van der Waals surface area contributed by atoms with Crippen LogP contribution in [0, 0.1) is 5.92 Å². The first kappa shape index (κ1) is 12.9. The van der Waals surface area contributed by atoms with Crippen molar-refractivity contribution in [3.05, 3.63) is 0 Å².